The molecule has 6 heteroatoms. The highest BCUT2D eigenvalue weighted by atomic mass is 32.1. The van der Waals surface area contributed by atoms with E-state index in [0.717, 1.165) is 30.5 Å². The average molecular weight is 314 g/mol. The van der Waals surface area contributed by atoms with E-state index >= 15 is 0 Å². The number of hydrazine groups is 1. The largest absolute Gasteiger partial charge is 0.416 e. The van der Waals surface area contributed by atoms with Crippen LogP contribution in [0.5, 0.6) is 0 Å². The van der Waals surface area contributed by atoms with Crippen molar-refractivity contribution in [3.8, 4) is 0 Å². The first-order valence-corrected chi connectivity index (χ1v) is 7.51. The quantitative estimate of drug-likeness (QED) is 0.629. The molecule has 0 aliphatic rings. The van der Waals surface area contributed by atoms with Gasteiger partial charge < -0.3 is 0 Å². The van der Waals surface area contributed by atoms with Crippen molar-refractivity contribution >= 4 is 11.3 Å². The minimum absolute atomic E-state index is 0.0452. The first-order chi connectivity index (χ1) is 9.99. The van der Waals surface area contributed by atoms with Crippen LogP contribution in [-0.4, -0.2) is 6.04 Å². The number of hydrogen-bond acceptors (Lipinski definition) is 3. The highest BCUT2D eigenvalue weighted by molar-refractivity contribution is 7.09. The zero-order valence-electron chi connectivity index (χ0n) is 11.4. The summed E-state index contributed by atoms with van der Waals surface area (Å²) in [5.41, 5.74) is 2.96. The molecule has 1 aromatic heterocycles. The third-order valence-electron chi connectivity index (χ3n) is 3.32. The third kappa shape index (κ3) is 4.84. The number of hydrogen-bond donors (Lipinski definition) is 2. The molecule has 1 aromatic carbocycles. The van der Waals surface area contributed by atoms with E-state index in [1.165, 1.54) is 17.0 Å². The summed E-state index contributed by atoms with van der Waals surface area (Å²) in [5, 5.41) is 2.02. The lowest BCUT2D eigenvalue weighted by Crippen LogP contribution is -2.37. The van der Waals surface area contributed by atoms with Crippen molar-refractivity contribution in [3.63, 3.8) is 0 Å². The van der Waals surface area contributed by atoms with Gasteiger partial charge in [0.1, 0.15) is 0 Å². The number of nitrogens with one attached hydrogen (secondary N) is 1. The van der Waals surface area contributed by atoms with Gasteiger partial charge in [-0.2, -0.15) is 13.2 Å². The lowest BCUT2D eigenvalue weighted by molar-refractivity contribution is -0.137. The third-order valence-corrected chi connectivity index (χ3v) is 4.25. The Morgan fingerprint density at radius 3 is 2.38 bits per heavy atom. The predicted octanol–water partition coefficient (Wildman–Crippen LogP) is 3.77. The summed E-state index contributed by atoms with van der Waals surface area (Å²) < 4.78 is 37.5. The molecule has 1 heterocycles. The fraction of sp³-hybridized carbons (Fsp3) is 0.333. The van der Waals surface area contributed by atoms with Crippen LogP contribution in [0, 0.1) is 0 Å². The zero-order valence-corrected chi connectivity index (χ0v) is 12.2. The first-order valence-electron chi connectivity index (χ1n) is 6.63. The number of alkyl halides is 3. The fourth-order valence-electron chi connectivity index (χ4n) is 2.13. The van der Waals surface area contributed by atoms with Gasteiger partial charge in [0, 0.05) is 10.9 Å². The summed E-state index contributed by atoms with van der Waals surface area (Å²) in [6.45, 7) is 0. The number of benzene rings is 1. The Morgan fingerprint density at radius 2 is 1.86 bits per heavy atom. The van der Waals surface area contributed by atoms with E-state index in [4.69, 9.17) is 5.84 Å². The number of thiophene rings is 1. The Balaban J connectivity index is 1.92. The number of aryl methyl sites for hydroxylation is 1. The molecule has 0 fully saturated rings. The molecule has 3 N–H and O–H groups in total. The molecule has 0 aliphatic carbocycles. The minimum Gasteiger partial charge on any atom is -0.271 e. The molecule has 0 saturated heterocycles. The number of rotatable bonds is 6. The predicted molar refractivity (Wildman–Crippen MR) is 78.9 cm³/mol. The molecule has 2 nitrogen and oxygen atoms in total. The smallest absolute Gasteiger partial charge is 0.271 e. The molecule has 0 bridgehead atoms. The van der Waals surface area contributed by atoms with Crippen LogP contribution in [0.2, 0.25) is 0 Å². The number of halogens is 3. The molecule has 0 radical (unpaired) electrons. The lowest BCUT2D eigenvalue weighted by atomic mass is 10.0. The van der Waals surface area contributed by atoms with Gasteiger partial charge in [-0.25, -0.2) is 0 Å². The van der Waals surface area contributed by atoms with Gasteiger partial charge in [0.25, 0.3) is 0 Å². The van der Waals surface area contributed by atoms with Crippen LogP contribution in [-0.2, 0) is 19.0 Å². The van der Waals surface area contributed by atoms with Crippen LogP contribution in [0.4, 0.5) is 13.2 Å². The van der Waals surface area contributed by atoms with Crippen LogP contribution in [0.3, 0.4) is 0 Å². The SMILES string of the molecule is NNC(CCc1cccs1)Cc1ccc(C(F)(F)F)cc1. The second kappa shape index (κ2) is 7.06. The van der Waals surface area contributed by atoms with E-state index in [2.05, 4.69) is 11.5 Å². The van der Waals surface area contributed by atoms with Crippen molar-refractivity contribution in [2.45, 2.75) is 31.5 Å². The highest BCUT2D eigenvalue weighted by Gasteiger charge is 2.29. The fourth-order valence-corrected chi connectivity index (χ4v) is 2.85. The Bertz CT molecular complexity index is 535. The highest BCUT2D eigenvalue weighted by Crippen LogP contribution is 2.29. The van der Waals surface area contributed by atoms with E-state index in [9.17, 15) is 13.2 Å². The zero-order chi connectivity index (χ0) is 15.3. The minimum atomic E-state index is -4.29. The normalized spacial score (nSPS) is 13.3. The van der Waals surface area contributed by atoms with Crippen molar-refractivity contribution in [3.05, 3.63) is 57.8 Å². The second-order valence-corrected chi connectivity index (χ2v) is 5.91. The van der Waals surface area contributed by atoms with Gasteiger partial charge in [0.05, 0.1) is 5.56 Å². The maximum absolute atomic E-state index is 12.5. The Hall–Kier alpha value is -1.37. The maximum atomic E-state index is 12.5. The van der Waals surface area contributed by atoms with Gasteiger partial charge in [0.2, 0.25) is 0 Å². The molecular formula is C15H17F3N2S. The van der Waals surface area contributed by atoms with Crippen LogP contribution < -0.4 is 11.3 Å². The summed E-state index contributed by atoms with van der Waals surface area (Å²) >= 11 is 1.69. The van der Waals surface area contributed by atoms with E-state index in [1.807, 2.05) is 11.4 Å². The average Bonchev–Trinajstić information content (AvgIpc) is 2.96. The van der Waals surface area contributed by atoms with Crippen LogP contribution >= 0.6 is 11.3 Å². The van der Waals surface area contributed by atoms with E-state index < -0.39 is 11.7 Å². The van der Waals surface area contributed by atoms with Crippen molar-refractivity contribution in [2.75, 3.05) is 0 Å². The first kappa shape index (κ1) is 16.0. The van der Waals surface area contributed by atoms with Crippen molar-refractivity contribution < 1.29 is 13.2 Å². The molecule has 0 spiro atoms. The van der Waals surface area contributed by atoms with Crippen molar-refractivity contribution in [1.29, 1.82) is 0 Å². The second-order valence-electron chi connectivity index (χ2n) is 4.88. The maximum Gasteiger partial charge on any atom is 0.416 e. The molecule has 21 heavy (non-hydrogen) atoms. The summed E-state index contributed by atoms with van der Waals surface area (Å²) in [6.07, 6.45) is -1.92. The molecular weight excluding hydrogens is 297 g/mol. The van der Waals surface area contributed by atoms with Gasteiger partial charge in [-0.05, 0) is 48.4 Å². The molecule has 0 amide bonds. The standard InChI is InChI=1S/C15H17F3N2S/c16-15(17,18)12-5-3-11(4-6-12)10-13(20-19)7-8-14-2-1-9-21-14/h1-6,9,13,20H,7-8,10,19H2. The van der Waals surface area contributed by atoms with Crippen molar-refractivity contribution in [2.24, 2.45) is 5.84 Å². The van der Waals surface area contributed by atoms with Gasteiger partial charge in [-0.1, -0.05) is 18.2 Å². The van der Waals surface area contributed by atoms with Gasteiger partial charge in [0.15, 0.2) is 0 Å². The lowest BCUT2D eigenvalue weighted by Gasteiger charge is -2.16. The molecule has 0 saturated carbocycles. The summed E-state index contributed by atoms with van der Waals surface area (Å²) in [4.78, 5) is 1.28. The van der Waals surface area contributed by atoms with Crippen LogP contribution in [0.15, 0.2) is 41.8 Å². The molecule has 0 aliphatic heterocycles. The van der Waals surface area contributed by atoms with Gasteiger partial charge in [-0.3, -0.25) is 11.3 Å². The van der Waals surface area contributed by atoms with Crippen LogP contribution in [0.25, 0.3) is 0 Å². The Morgan fingerprint density at radius 1 is 1.14 bits per heavy atom. The van der Waals surface area contributed by atoms with Gasteiger partial charge >= 0.3 is 6.18 Å². The van der Waals surface area contributed by atoms with E-state index in [-0.39, 0.29) is 6.04 Å². The Kier molecular flexibility index (Phi) is 5.39. The molecule has 1 unspecified atom stereocenters. The van der Waals surface area contributed by atoms with Crippen molar-refractivity contribution in [1.82, 2.24) is 5.43 Å². The molecule has 114 valence electrons. The molecule has 2 rings (SSSR count). The molecule has 2 aromatic rings. The van der Waals surface area contributed by atoms with Crippen LogP contribution in [0.1, 0.15) is 22.4 Å². The summed E-state index contributed by atoms with van der Waals surface area (Å²) in [7, 11) is 0. The van der Waals surface area contributed by atoms with Gasteiger partial charge in [-0.15, -0.1) is 11.3 Å². The molecule has 1 atom stereocenters. The Labute approximate surface area is 125 Å². The van der Waals surface area contributed by atoms with E-state index in [1.54, 1.807) is 11.3 Å². The topological polar surface area (TPSA) is 38.0 Å². The number of nitrogens with two attached hydrogens (primary N) is 1. The summed E-state index contributed by atoms with van der Waals surface area (Å²) in [5.74, 6) is 5.53. The summed E-state index contributed by atoms with van der Waals surface area (Å²) in [6, 6.07) is 9.36. The monoisotopic (exact) mass is 314 g/mol. The van der Waals surface area contributed by atoms with E-state index in [0.29, 0.717) is 6.42 Å².